The van der Waals surface area contributed by atoms with Crippen LogP contribution in [0.15, 0.2) is 27.6 Å². The minimum Gasteiger partial charge on any atom is -0.392 e. The molecule has 0 spiro atoms. The van der Waals surface area contributed by atoms with E-state index in [-0.39, 0.29) is 23.5 Å². The molecule has 0 radical (unpaired) electrons. The maximum absolute atomic E-state index is 12.3. The molecule has 1 atom stereocenters. The third-order valence-electron chi connectivity index (χ3n) is 3.02. The van der Waals surface area contributed by atoms with Gasteiger partial charge in [-0.1, -0.05) is 26.8 Å². The molecule has 1 aromatic carbocycles. The van der Waals surface area contributed by atoms with Crippen molar-refractivity contribution in [3.05, 3.63) is 28.2 Å². The number of hydrogen-bond donors (Lipinski definition) is 2. The SMILES string of the molecule is CCC(NS(=O)(=O)c1ccc(CO)cc1Br)C(C)C. The summed E-state index contributed by atoms with van der Waals surface area (Å²) in [6, 6.07) is 4.64. The number of halogens is 1. The molecule has 1 unspecified atom stereocenters. The topological polar surface area (TPSA) is 66.4 Å². The van der Waals surface area contributed by atoms with Gasteiger partial charge in [0.05, 0.1) is 11.5 Å². The van der Waals surface area contributed by atoms with E-state index in [1.807, 2.05) is 20.8 Å². The van der Waals surface area contributed by atoms with Gasteiger partial charge < -0.3 is 5.11 Å². The van der Waals surface area contributed by atoms with Gasteiger partial charge in [0.25, 0.3) is 0 Å². The standard InChI is InChI=1S/C13H20BrNO3S/c1-4-12(9(2)3)15-19(17,18)13-6-5-10(8-16)7-11(13)14/h5-7,9,12,15-16H,4,8H2,1-3H3. The van der Waals surface area contributed by atoms with Gasteiger partial charge in [0, 0.05) is 10.5 Å². The lowest BCUT2D eigenvalue weighted by Gasteiger charge is -2.21. The summed E-state index contributed by atoms with van der Waals surface area (Å²) in [5.74, 6) is 0.232. The zero-order chi connectivity index (χ0) is 14.6. The molecule has 0 bridgehead atoms. The van der Waals surface area contributed by atoms with Crippen LogP contribution in [0.25, 0.3) is 0 Å². The Morgan fingerprint density at radius 2 is 2.00 bits per heavy atom. The van der Waals surface area contributed by atoms with Gasteiger partial charge in [0.15, 0.2) is 0 Å². The monoisotopic (exact) mass is 349 g/mol. The first-order chi connectivity index (χ1) is 8.81. The lowest BCUT2D eigenvalue weighted by atomic mass is 10.0. The summed E-state index contributed by atoms with van der Waals surface area (Å²) < 4.78 is 27.8. The lowest BCUT2D eigenvalue weighted by Crippen LogP contribution is -2.38. The molecular formula is C13H20BrNO3S. The number of rotatable bonds is 6. The highest BCUT2D eigenvalue weighted by Crippen LogP contribution is 2.24. The Morgan fingerprint density at radius 1 is 1.37 bits per heavy atom. The van der Waals surface area contributed by atoms with E-state index < -0.39 is 10.0 Å². The number of sulfonamides is 1. The molecule has 0 saturated heterocycles. The van der Waals surface area contributed by atoms with Crippen molar-refractivity contribution < 1.29 is 13.5 Å². The van der Waals surface area contributed by atoms with Crippen LogP contribution in [-0.2, 0) is 16.6 Å². The summed E-state index contributed by atoms with van der Waals surface area (Å²) in [6.45, 7) is 5.81. The molecule has 0 aliphatic heterocycles. The first-order valence-corrected chi connectivity index (χ1v) is 8.51. The quantitative estimate of drug-likeness (QED) is 0.829. The zero-order valence-corrected chi connectivity index (χ0v) is 13.8. The average molecular weight is 350 g/mol. The Kier molecular flexibility index (Phi) is 5.98. The van der Waals surface area contributed by atoms with Crippen LogP contribution in [0.4, 0.5) is 0 Å². The molecule has 0 saturated carbocycles. The third-order valence-corrected chi connectivity index (χ3v) is 5.49. The maximum Gasteiger partial charge on any atom is 0.241 e. The first-order valence-electron chi connectivity index (χ1n) is 6.23. The summed E-state index contributed by atoms with van der Waals surface area (Å²) in [5.41, 5.74) is 0.668. The molecule has 4 nitrogen and oxygen atoms in total. The molecule has 0 heterocycles. The maximum atomic E-state index is 12.3. The van der Waals surface area contributed by atoms with E-state index in [9.17, 15) is 8.42 Å². The smallest absolute Gasteiger partial charge is 0.241 e. The molecule has 19 heavy (non-hydrogen) atoms. The highest BCUT2D eigenvalue weighted by Gasteiger charge is 2.23. The number of nitrogens with one attached hydrogen (secondary N) is 1. The van der Waals surface area contributed by atoms with Crippen molar-refractivity contribution in [2.75, 3.05) is 0 Å². The fourth-order valence-corrected chi connectivity index (χ4v) is 4.41. The van der Waals surface area contributed by atoms with E-state index in [1.165, 1.54) is 6.07 Å². The van der Waals surface area contributed by atoms with Crippen LogP contribution in [-0.4, -0.2) is 19.6 Å². The van der Waals surface area contributed by atoms with Crippen molar-refractivity contribution in [2.24, 2.45) is 5.92 Å². The molecule has 1 aromatic rings. The molecule has 0 aliphatic carbocycles. The van der Waals surface area contributed by atoms with E-state index in [0.29, 0.717) is 10.0 Å². The molecule has 0 fully saturated rings. The van der Waals surface area contributed by atoms with Crippen LogP contribution in [0.5, 0.6) is 0 Å². The van der Waals surface area contributed by atoms with E-state index >= 15 is 0 Å². The normalized spacial score (nSPS) is 13.8. The van der Waals surface area contributed by atoms with Gasteiger partial charge in [0.2, 0.25) is 10.0 Å². The van der Waals surface area contributed by atoms with E-state index in [2.05, 4.69) is 20.7 Å². The van der Waals surface area contributed by atoms with Crippen molar-refractivity contribution >= 4 is 26.0 Å². The summed E-state index contributed by atoms with van der Waals surface area (Å²) in [4.78, 5) is 0.198. The predicted molar refractivity (Wildman–Crippen MR) is 79.3 cm³/mol. The Labute approximate surface area is 123 Å². The van der Waals surface area contributed by atoms with Crippen LogP contribution < -0.4 is 4.72 Å². The molecule has 6 heteroatoms. The molecule has 108 valence electrons. The highest BCUT2D eigenvalue weighted by molar-refractivity contribution is 9.10. The molecule has 2 N–H and O–H groups in total. The fourth-order valence-electron chi connectivity index (χ4n) is 1.81. The summed E-state index contributed by atoms with van der Waals surface area (Å²) in [5, 5.41) is 9.03. The van der Waals surface area contributed by atoms with Crippen LogP contribution in [0, 0.1) is 5.92 Å². The average Bonchev–Trinajstić information content (AvgIpc) is 2.35. The lowest BCUT2D eigenvalue weighted by molar-refractivity contribution is 0.281. The van der Waals surface area contributed by atoms with E-state index in [1.54, 1.807) is 12.1 Å². The highest BCUT2D eigenvalue weighted by atomic mass is 79.9. The second-order valence-electron chi connectivity index (χ2n) is 4.80. The fraction of sp³-hybridized carbons (Fsp3) is 0.538. The summed E-state index contributed by atoms with van der Waals surface area (Å²) in [7, 11) is -3.55. The van der Waals surface area contributed by atoms with Gasteiger partial charge >= 0.3 is 0 Å². The van der Waals surface area contributed by atoms with Crippen LogP contribution in [0.2, 0.25) is 0 Å². The molecular weight excluding hydrogens is 330 g/mol. The molecule has 0 aromatic heterocycles. The van der Waals surface area contributed by atoms with E-state index in [4.69, 9.17) is 5.11 Å². The molecule has 0 amide bonds. The van der Waals surface area contributed by atoms with Crippen molar-refractivity contribution in [2.45, 2.75) is 44.7 Å². The Balaban J connectivity index is 3.07. The summed E-state index contributed by atoms with van der Waals surface area (Å²) in [6.07, 6.45) is 0.739. The van der Waals surface area contributed by atoms with Gasteiger partial charge in [-0.15, -0.1) is 0 Å². The number of aliphatic hydroxyl groups excluding tert-OH is 1. The van der Waals surface area contributed by atoms with Gasteiger partial charge in [0.1, 0.15) is 0 Å². The van der Waals surface area contributed by atoms with Crippen LogP contribution in [0.3, 0.4) is 0 Å². The Morgan fingerprint density at radius 3 is 2.42 bits per heavy atom. The van der Waals surface area contributed by atoms with Crippen molar-refractivity contribution in [3.63, 3.8) is 0 Å². The second-order valence-corrected chi connectivity index (χ2v) is 7.34. The second kappa shape index (κ2) is 6.83. The van der Waals surface area contributed by atoms with Gasteiger partial charge in [-0.05, 0) is 46.0 Å². The van der Waals surface area contributed by atoms with Crippen LogP contribution in [0.1, 0.15) is 32.8 Å². The predicted octanol–water partition coefficient (Wildman–Crippen LogP) is 2.65. The third kappa shape index (κ3) is 4.27. The van der Waals surface area contributed by atoms with Gasteiger partial charge in [-0.25, -0.2) is 13.1 Å². The minimum atomic E-state index is -3.55. The largest absolute Gasteiger partial charge is 0.392 e. The van der Waals surface area contributed by atoms with Crippen molar-refractivity contribution in [3.8, 4) is 0 Å². The van der Waals surface area contributed by atoms with Crippen LogP contribution >= 0.6 is 15.9 Å². The Hall–Kier alpha value is -0.430. The van der Waals surface area contributed by atoms with Gasteiger partial charge in [-0.3, -0.25) is 0 Å². The van der Waals surface area contributed by atoms with E-state index in [0.717, 1.165) is 6.42 Å². The van der Waals surface area contributed by atoms with Crippen molar-refractivity contribution in [1.29, 1.82) is 0 Å². The number of hydrogen-bond acceptors (Lipinski definition) is 3. The zero-order valence-electron chi connectivity index (χ0n) is 11.4. The number of benzene rings is 1. The first kappa shape index (κ1) is 16.6. The number of aliphatic hydroxyl groups is 1. The molecule has 1 rings (SSSR count). The Bertz CT molecular complexity index is 529. The van der Waals surface area contributed by atoms with Crippen molar-refractivity contribution in [1.82, 2.24) is 4.72 Å². The summed E-state index contributed by atoms with van der Waals surface area (Å²) >= 11 is 3.24. The minimum absolute atomic E-state index is 0.0885. The van der Waals surface area contributed by atoms with Gasteiger partial charge in [-0.2, -0.15) is 0 Å². The molecule has 0 aliphatic rings.